The Morgan fingerprint density at radius 2 is 1.65 bits per heavy atom. The minimum Gasteiger partial charge on any atom is -0.504 e. The van der Waals surface area contributed by atoms with Crippen LogP contribution in [0.3, 0.4) is 0 Å². The van der Waals surface area contributed by atoms with Gasteiger partial charge in [0.15, 0.2) is 10.8 Å². The van der Waals surface area contributed by atoms with Crippen molar-refractivity contribution in [1.82, 2.24) is 0 Å². The second-order valence-electron chi connectivity index (χ2n) is 5.40. The van der Waals surface area contributed by atoms with Gasteiger partial charge in [0, 0.05) is 10.1 Å². The van der Waals surface area contributed by atoms with E-state index in [9.17, 15) is 5.11 Å². The third kappa shape index (κ3) is 2.37. The summed E-state index contributed by atoms with van der Waals surface area (Å²) in [5.74, 6) is 0.208. The van der Waals surface area contributed by atoms with E-state index in [-0.39, 0.29) is 5.75 Å². The van der Waals surface area contributed by atoms with Crippen molar-refractivity contribution < 1.29 is 5.11 Å². The molecule has 4 rings (SSSR count). The average molecular weight is 318 g/mol. The molecule has 1 heterocycles. The van der Waals surface area contributed by atoms with Gasteiger partial charge in [0.05, 0.1) is 5.69 Å². The first-order valence-electron chi connectivity index (χ1n) is 7.34. The van der Waals surface area contributed by atoms with Crippen molar-refractivity contribution >= 4 is 42.9 Å². The number of aryl methyl sites for hydroxylation is 1. The quantitative estimate of drug-likeness (QED) is 0.422. The van der Waals surface area contributed by atoms with Crippen molar-refractivity contribution in [2.24, 2.45) is 10.2 Å². The highest BCUT2D eigenvalue weighted by atomic mass is 32.1. The SMILES string of the molecule is Cc1ccccc1N=Nc1sc2ccc3ccccc3c2c1O. The number of fused-ring (bicyclic) bond motifs is 3. The van der Waals surface area contributed by atoms with Gasteiger partial charge < -0.3 is 5.11 Å². The molecule has 0 aliphatic heterocycles. The van der Waals surface area contributed by atoms with Gasteiger partial charge >= 0.3 is 0 Å². The molecule has 3 nitrogen and oxygen atoms in total. The Kier molecular flexibility index (Phi) is 3.32. The monoisotopic (exact) mass is 318 g/mol. The van der Waals surface area contributed by atoms with Gasteiger partial charge in [0.2, 0.25) is 0 Å². The van der Waals surface area contributed by atoms with Crippen LogP contribution < -0.4 is 0 Å². The van der Waals surface area contributed by atoms with Crippen molar-refractivity contribution in [1.29, 1.82) is 0 Å². The first-order valence-corrected chi connectivity index (χ1v) is 8.16. The molecule has 1 aromatic heterocycles. The maximum Gasteiger partial charge on any atom is 0.181 e. The lowest BCUT2D eigenvalue weighted by atomic mass is 10.1. The van der Waals surface area contributed by atoms with E-state index in [1.165, 1.54) is 11.3 Å². The van der Waals surface area contributed by atoms with Crippen LogP contribution in [0.15, 0.2) is 70.9 Å². The summed E-state index contributed by atoms with van der Waals surface area (Å²) in [4.78, 5) is 0. The lowest BCUT2D eigenvalue weighted by Crippen LogP contribution is -1.72. The summed E-state index contributed by atoms with van der Waals surface area (Å²) in [6.45, 7) is 1.99. The second-order valence-corrected chi connectivity index (χ2v) is 6.43. The van der Waals surface area contributed by atoms with E-state index >= 15 is 0 Å². The molecular weight excluding hydrogens is 304 g/mol. The smallest absolute Gasteiger partial charge is 0.181 e. The summed E-state index contributed by atoms with van der Waals surface area (Å²) in [6, 6.07) is 19.9. The highest BCUT2D eigenvalue weighted by molar-refractivity contribution is 7.23. The van der Waals surface area contributed by atoms with Gasteiger partial charge in [0.1, 0.15) is 0 Å². The molecule has 0 radical (unpaired) electrons. The van der Waals surface area contributed by atoms with Crippen LogP contribution in [0, 0.1) is 6.92 Å². The second kappa shape index (κ2) is 5.48. The Bertz CT molecular complexity index is 1050. The van der Waals surface area contributed by atoms with Crippen molar-refractivity contribution in [3.05, 3.63) is 66.2 Å². The molecule has 0 amide bonds. The predicted octanol–water partition coefficient (Wildman–Crippen LogP) is 6.48. The van der Waals surface area contributed by atoms with Crippen LogP contribution in [-0.2, 0) is 0 Å². The topological polar surface area (TPSA) is 45.0 Å². The summed E-state index contributed by atoms with van der Waals surface area (Å²) >= 11 is 1.45. The Labute approximate surface area is 137 Å². The molecule has 0 aliphatic rings. The molecule has 0 unspecified atom stereocenters. The Balaban J connectivity index is 1.87. The van der Waals surface area contributed by atoms with Crippen LogP contribution in [0.5, 0.6) is 5.75 Å². The maximum atomic E-state index is 10.6. The zero-order valence-electron chi connectivity index (χ0n) is 12.5. The van der Waals surface area contributed by atoms with Gasteiger partial charge in [-0.05, 0) is 35.4 Å². The molecule has 4 heteroatoms. The minimum absolute atomic E-state index is 0.208. The molecule has 23 heavy (non-hydrogen) atoms. The number of aromatic hydroxyl groups is 1. The van der Waals surface area contributed by atoms with E-state index in [2.05, 4.69) is 16.3 Å². The van der Waals surface area contributed by atoms with Crippen LogP contribution in [0.4, 0.5) is 10.7 Å². The van der Waals surface area contributed by atoms with E-state index in [0.29, 0.717) is 5.00 Å². The van der Waals surface area contributed by atoms with Crippen LogP contribution in [0.1, 0.15) is 5.56 Å². The van der Waals surface area contributed by atoms with Crippen LogP contribution in [0.25, 0.3) is 20.9 Å². The summed E-state index contributed by atoms with van der Waals surface area (Å²) in [5, 5.41) is 22.7. The zero-order chi connectivity index (χ0) is 15.8. The summed E-state index contributed by atoms with van der Waals surface area (Å²) < 4.78 is 1.01. The molecule has 0 saturated carbocycles. The van der Waals surface area contributed by atoms with Crippen LogP contribution in [-0.4, -0.2) is 5.11 Å². The van der Waals surface area contributed by atoms with Crippen LogP contribution >= 0.6 is 11.3 Å². The van der Waals surface area contributed by atoms with E-state index < -0.39 is 0 Å². The molecule has 0 fully saturated rings. The number of azo groups is 1. The fourth-order valence-corrected chi connectivity index (χ4v) is 3.62. The van der Waals surface area contributed by atoms with Gasteiger partial charge in [-0.15, -0.1) is 21.6 Å². The van der Waals surface area contributed by atoms with Gasteiger partial charge in [-0.25, -0.2) is 0 Å². The van der Waals surface area contributed by atoms with Gasteiger partial charge in [-0.3, -0.25) is 0 Å². The first-order chi connectivity index (χ1) is 11.2. The number of thiophene rings is 1. The molecule has 4 aromatic rings. The maximum absolute atomic E-state index is 10.6. The van der Waals surface area contributed by atoms with Crippen molar-refractivity contribution in [3.8, 4) is 5.75 Å². The lowest BCUT2D eigenvalue weighted by Gasteiger charge is -1.99. The molecule has 112 valence electrons. The van der Waals surface area contributed by atoms with Gasteiger partial charge in [0.25, 0.3) is 0 Å². The fraction of sp³-hybridized carbons (Fsp3) is 0.0526. The van der Waals surface area contributed by atoms with E-state index in [1.54, 1.807) is 0 Å². The van der Waals surface area contributed by atoms with Crippen molar-refractivity contribution in [2.45, 2.75) is 6.92 Å². The number of hydrogen-bond donors (Lipinski definition) is 1. The Hall–Kier alpha value is -2.72. The molecule has 0 saturated heterocycles. The average Bonchev–Trinajstić information content (AvgIpc) is 2.91. The highest BCUT2D eigenvalue weighted by Crippen LogP contribution is 2.46. The third-order valence-corrected chi connectivity index (χ3v) is 4.93. The molecule has 1 N–H and O–H groups in total. The molecule has 0 bridgehead atoms. The molecule has 0 atom stereocenters. The number of rotatable bonds is 2. The zero-order valence-corrected chi connectivity index (χ0v) is 13.3. The first kappa shape index (κ1) is 13.9. The summed E-state index contributed by atoms with van der Waals surface area (Å²) in [7, 11) is 0. The third-order valence-electron chi connectivity index (χ3n) is 3.90. The summed E-state index contributed by atoms with van der Waals surface area (Å²) in [5.41, 5.74) is 1.87. The number of hydrogen-bond acceptors (Lipinski definition) is 4. The number of nitrogens with zero attached hydrogens (tertiary/aromatic N) is 2. The minimum atomic E-state index is 0.208. The fourth-order valence-electron chi connectivity index (χ4n) is 2.68. The molecule has 3 aromatic carbocycles. The Morgan fingerprint density at radius 3 is 2.52 bits per heavy atom. The lowest BCUT2D eigenvalue weighted by molar-refractivity contribution is 0.485. The number of benzene rings is 3. The molecule has 0 spiro atoms. The molecule has 0 aliphatic carbocycles. The molecular formula is C19H14N2OS. The summed E-state index contributed by atoms with van der Waals surface area (Å²) in [6.07, 6.45) is 0. The van der Waals surface area contributed by atoms with Crippen molar-refractivity contribution in [3.63, 3.8) is 0 Å². The van der Waals surface area contributed by atoms with E-state index in [4.69, 9.17) is 0 Å². The van der Waals surface area contributed by atoms with Gasteiger partial charge in [-0.2, -0.15) is 0 Å². The van der Waals surface area contributed by atoms with E-state index in [1.807, 2.05) is 61.5 Å². The largest absolute Gasteiger partial charge is 0.504 e. The Morgan fingerprint density at radius 1 is 0.870 bits per heavy atom. The van der Waals surface area contributed by atoms with E-state index in [0.717, 1.165) is 32.1 Å². The standard InChI is InChI=1S/C19H14N2OS/c1-12-6-2-5-9-15(12)20-21-19-18(22)17-14-8-4-3-7-13(14)10-11-16(17)23-19/h2-11,22H,1H3. The van der Waals surface area contributed by atoms with Crippen molar-refractivity contribution in [2.75, 3.05) is 0 Å². The van der Waals surface area contributed by atoms with Gasteiger partial charge in [-0.1, -0.05) is 48.5 Å². The predicted molar refractivity (Wildman–Crippen MR) is 96.4 cm³/mol. The highest BCUT2D eigenvalue weighted by Gasteiger charge is 2.13. The van der Waals surface area contributed by atoms with Crippen LogP contribution in [0.2, 0.25) is 0 Å². The normalized spacial score (nSPS) is 11.7.